The lowest BCUT2D eigenvalue weighted by molar-refractivity contribution is 0.0957. The molecule has 0 aromatic carbocycles. The van der Waals surface area contributed by atoms with Crippen molar-refractivity contribution in [2.75, 3.05) is 0 Å². The molecule has 18 heavy (non-hydrogen) atoms. The van der Waals surface area contributed by atoms with Crippen LogP contribution in [-0.4, -0.2) is 15.7 Å². The molecule has 94 valence electrons. The van der Waals surface area contributed by atoms with Gasteiger partial charge in [-0.1, -0.05) is 0 Å². The molecule has 1 aliphatic carbocycles. The normalized spacial score (nSPS) is 14.7. The van der Waals surface area contributed by atoms with E-state index in [-0.39, 0.29) is 5.91 Å². The zero-order chi connectivity index (χ0) is 12.5. The van der Waals surface area contributed by atoms with Crippen LogP contribution in [0.4, 0.5) is 0 Å². The number of aromatic nitrogens is 2. The summed E-state index contributed by atoms with van der Waals surface area (Å²) < 4.78 is 1.92. The second-order valence-corrected chi connectivity index (χ2v) is 5.62. The van der Waals surface area contributed by atoms with Crippen molar-refractivity contribution in [3.63, 3.8) is 0 Å². The van der Waals surface area contributed by atoms with E-state index < -0.39 is 0 Å². The van der Waals surface area contributed by atoms with Gasteiger partial charge in [-0.2, -0.15) is 5.10 Å². The van der Waals surface area contributed by atoms with Crippen LogP contribution in [0.1, 0.15) is 39.0 Å². The summed E-state index contributed by atoms with van der Waals surface area (Å²) in [7, 11) is 0. The van der Waals surface area contributed by atoms with Crippen molar-refractivity contribution in [1.29, 1.82) is 0 Å². The van der Waals surface area contributed by atoms with E-state index in [1.54, 1.807) is 6.07 Å². The molecule has 0 radical (unpaired) electrons. The van der Waals surface area contributed by atoms with Gasteiger partial charge in [-0.15, -0.1) is 11.3 Å². The Kier molecular flexibility index (Phi) is 2.89. The quantitative estimate of drug-likeness (QED) is 0.498. The van der Waals surface area contributed by atoms with Crippen molar-refractivity contribution < 1.29 is 4.79 Å². The summed E-state index contributed by atoms with van der Waals surface area (Å²) >= 11 is 1.44. The van der Waals surface area contributed by atoms with Crippen LogP contribution >= 0.6 is 11.3 Å². The van der Waals surface area contributed by atoms with Crippen LogP contribution in [0.5, 0.6) is 0 Å². The number of hydrogen-bond acceptors (Lipinski definition) is 4. The fraction of sp³-hybridized carbons (Fsp3) is 0.333. The minimum Gasteiger partial charge on any atom is -0.289 e. The van der Waals surface area contributed by atoms with Crippen molar-refractivity contribution in [3.8, 4) is 0 Å². The third-order valence-electron chi connectivity index (χ3n) is 2.99. The molecule has 0 atom stereocenters. The first-order chi connectivity index (χ1) is 8.76. The van der Waals surface area contributed by atoms with Gasteiger partial charge in [-0.25, -0.2) is 5.84 Å². The molecule has 0 unspecified atom stereocenters. The molecular weight excluding hydrogens is 248 g/mol. The summed E-state index contributed by atoms with van der Waals surface area (Å²) in [6.45, 7) is 0.704. The topological polar surface area (TPSA) is 72.9 Å². The first-order valence-electron chi connectivity index (χ1n) is 5.89. The van der Waals surface area contributed by atoms with E-state index in [0.717, 1.165) is 4.88 Å². The molecule has 0 bridgehead atoms. The van der Waals surface area contributed by atoms with E-state index in [4.69, 9.17) is 5.84 Å². The Labute approximate surface area is 109 Å². The van der Waals surface area contributed by atoms with Gasteiger partial charge in [0.2, 0.25) is 0 Å². The summed E-state index contributed by atoms with van der Waals surface area (Å²) in [5.74, 6) is 5.53. The molecule has 1 aliphatic rings. The Morgan fingerprint density at radius 1 is 1.50 bits per heavy atom. The number of thiophene rings is 1. The van der Waals surface area contributed by atoms with Crippen LogP contribution in [0.15, 0.2) is 24.4 Å². The molecule has 2 aromatic rings. The molecule has 3 N–H and O–H groups in total. The number of nitrogens with two attached hydrogens (primary N) is 1. The highest BCUT2D eigenvalue weighted by molar-refractivity contribution is 7.14. The Morgan fingerprint density at radius 2 is 2.33 bits per heavy atom. The number of carbonyl (C=O) groups excluding carboxylic acids is 1. The summed E-state index contributed by atoms with van der Waals surface area (Å²) in [5, 5.41) is 4.54. The monoisotopic (exact) mass is 262 g/mol. The maximum absolute atomic E-state index is 11.3. The van der Waals surface area contributed by atoms with Crippen LogP contribution in [-0.2, 0) is 6.54 Å². The minimum absolute atomic E-state index is 0.245. The van der Waals surface area contributed by atoms with Crippen molar-refractivity contribution >= 4 is 17.2 Å². The first kappa shape index (κ1) is 11.4. The summed E-state index contributed by atoms with van der Waals surface area (Å²) in [6.07, 6.45) is 4.52. The second kappa shape index (κ2) is 4.55. The number of hydrogen-bond donors (Lipinski definition) is 2. The number of rotatable bonds is 4. The molecule has 2 aromatic heterocycles. The fourth-order valence-corrected chi connectivity index (χ4v) is 2.78. The highest BCUT2D eigenvalue weighted by Gasteiger charge is 2.25. The molecule has 1 fully saturated rings. The Balaban J connectivity index is 1.71. The van der Waals surface area contributed by atoms with Gasteiger partial charge in [0.1, 0.15) is 0 Å². The smallest absolute Gasteiger partial charge is 0.275 e. The predicted octanol–water partition coefficient (Wildman–Crippen LogP) is 1.47. The highest BCUT2D eigenvalue weighted by Crippen LogP contribution is 2.38. The molecule has 2 heterocycles. The van der Waals surface area contributed by atoms with Gasteiger partial charge in [0.15, 0.2) is 0 Å². The first-order valence-corrected chi connectivity index (χ1v) is 6.71. The number of carbonyl (C=O) groups is 1. The van der Waals surface area contributed by atoms with Gasteiger partial charge in [-0.05, 0) is 31.0 Å². The zero-order valence-electron chi connectivity index (χ0n) is 9.80. The molecule has 5 nitrogen and oxygen atoms in total. The van der Waals surface area contributed by atoms with E-state index in [1.807, 2.05) is 16.9 Å². The maximum atomic E-state index is 11.3. The van der Waals surface area contributed by atoms with Crippen LogP contribution in [0.3, 0.4) is 0 Å². The molecular formula is C12H14N4OS. The number of hydrazine groups is 1. The minimum atomic E-state index is -0.245. The maximum Gasteiger partial charge on any atom is 0.275 e. The van der Waals surface area contributed by atoms with Crippen molar-refractivity contribution in [3.05, 3.63) is 39.8 Å². The third-order valence-corrected chi connectivity index (χ3v) is 4.06. The van der Waals surface area contributed by atoms with Crippen molar-refractivity contribution in [2.24, 2.45) is 5.84 Å². The number of nitrogen functional groups attached to an aromatic ring is 1. The lowest BCUT2D eigenvalue weighted by Gasteiger charge is -1.98. The van der Waals surface area contributed by atoms with E-state index in [1.165, 1.54) is 29.9 Å². The van der Waals surface area contributed by atoms with Crippen molar-refractivity contribution in [2.45, 2.75) is 25.3 Å². The van der Waals surface area contributed by atoms with Crippen molar-refractivity contribution in [1.82, 2.24) is 15.2 Å². The summed E-state index contributed by atoms with van der Waals surface area (Å²) in [5.41, 5.74) is 3.32. The fourth-order valence-electron chi connectivity index (χ4n) is 1.88. The molecule has 0 aliphatic heterocycles. The van der Waals surface area contributed by atoms with E-state index in [9.17, 15) is 4.79 Å². The zero-order valence-corrected chi connectivity index (χ0v) is 10.6. The lowest BCUT2D eigenvalue weighted by atomic mass is 10.3. The number of nitrogens with zero attached hydrogens (tertiary/aromatic N) is 2. The molecule has 3 rings (SSSR count). The Hall–Kier alpha value is -1.66. The number of nitrogens with one attached hydrogen (secondary N) is 1. The molecule has 1 saturated carbocycles. The van der Waals surface area contributed by atoms with Gasteiger partial charge in [0.25, 0.3) is 5.91 Å². The largest absolute Gasteiger partial charge is 0.289 e. The lowest BCUT2D eigenvalue weighted by Crippen LogP contribution is -2.29. The third kappa shape index (κ3) is 2.30. The van der Waals surface area contributed by atoms with Crippen LogP contribution in [0, 0.1) is 0 Å². The average molecular weight is 262 g/mol. The van der Waals surface area contributed by atoms with Gasteiger partial charge in [0.05, 0.1) is 17.1 Å². The second-order valence-electron chi connectivity index (χ2n) is 4.45. The molecule has 0 spiro atoms. The van der Waals surface area contributed by atoms with E-state index in [2.05, 4.69) is 16.6 Å². The Morgan fingerprint density at radius 3 is 3.06 bits per heavy atom. The summed E-state index contributed by atoms with van der Waals surface area (Å²) in [4.78, 5) is 13.1. The molecule has 6 heteroatoms. The Bertz CT molecular complexity index is 570. The average Bonchev–Trinajstić information content (AvgIpc) is 2.96. The standard InChI is InChI=1S/C12H14N4OS/c13-14-12(17)11-4-3-9(18-11)7-16-6-5-10(15-16)8-1-2-8/h3-6,8H,1-2,7,13H2,(H,14,17). The van der Waals surface area contributed by atoms with Gasteiger partial charge >= 0.3 is 0 Å². The summed E-state index contributed by atoms with van der Waals surface area (Å²) in [6, 6.07) is 5.81. The van der Waals surface area contributed by atoms with Crippen LogP contribution in [0.25, 0.3) is 0 Å². The molecule has 1 amide bonds. The number of amides is 1. The van der Waals surface area contributed by atoms with E-state index in [0.29, 0.717) is 17.3 Å². The molecule has 0 saturated heterocycles. The van der Waals surface area contributed by atoms with Gasteiger partial charge in [0, 0.05) is 17.0 Å². The van der Waals surface area contributed by atoms with Crippen LogP contribution < -0.4 is 11.3 Å². The van der Waals surface area contributed by atoms with E-state index >= 15 is 0 Å². The van der Waals surface area contributed by atoms with Gasteiger partial charge < -0.3 is 0 Å². The SMILES string of the molecule is NNC(=O)c1ccc(Cn2ccc(C3CC3)n2)s1. The van der Waals surface area contributed by atoms with Gasteiger partial charge in [-0.3, -0.25) is 14.9 Å². The predicted molar refractivity (Wildman–Crippen MR) is 69.3 cm³/mol. The van der Waals surface area contributed by atoms with Crippen LogP contribution in [0.2, 0.25) is 0 Å². The highest BCUT2D eigenvalue weighted by atomic mass is 32.1.